The van der Waals surface area contributed by atoms with Crippen molar-refractivity contribution in [3.63, 3.8) is 0 Å². The summed E-state index contributed by atoms with van der Waals surface area (Å²) >= 11 is 0. The van der Waals surface area contributed by atoms with Crippen LogP contribution < -0.4 is 0 Å². The molecule has 0 saturated carbocycles. The second-order valence-electron chi connectivity index (χ2n) is 2.17. The molecule has 0 amide bonds. The topological polar surface area (TPSA) is 0 Å². The number of alkyl halides is 3. The number of allylic oxidation sites excluding steroid dienone is 2. The molecular weight excluding hydrogens is 141 g/mol. The molecule has 0 aromatic heterocycles. The summed E-state index contributed by atoms with van der Waals surface area (Å²) < 4.78 is 35.2. The fraction of sp³-hybridized carbons (Fsp3) is 0.714. The monoisotopic (exact) mass is 152 g/mol. The summed E-state index contributed by atoms with van der Waals surface area (Å²) in [5.41, 5.74) is 0. The van der Waals surface area contributed by atoms with E-state index in [4.69, 9.17) is 0 Å². The van der Waals surface area contributed by atoms with Crippen molar-refractivity contribution in [1.29, 1.82) is 0 Å². The molecule has 0 bridgehead atoms. The van der Waals surface area contributed by atoms with Gasteiger partial charge in [0.05, 0.1) is 5.92 Å². The van der Waals surface area contributed by atoms with Gasteiger partial charge in [0.1, 0.15) is 0 Å². The standard InChI is InChI=1S/C7H11F3/c1-3-4-5-6(2)7(8,9)10/h4-6H,3H2,1-2H3/b5-4-. The highest BCUT2D eigenvalue weighted by Crippen LogP contribution is 2.26. The molecule has 1 unspecified atom stereocenters. The van der Waals surface area contributed by atoms with Crippen LogP contribution in [0.15, 0.2) is 12.2 Å². The van der Waals surface area contributed by atoms with Crippen LogP contribution in [0.3, 0.4) is 0 Å². The van der Waals surface area contributed by atoms with Crippen molar-refractivity contribution >= 4 is 0 Å². The van der Waals surface area contributed by atoms with E-state index in [1.807, 2.05) is 0 Å². The van der Waals surface area contributed by atoms with E-state index in [2.05, 4.69) is 0 Å². The van der Waals surface area contributed by atoms with Crippen LogP contribution >= 0.6 is 0 Å². The van der Waals surface area contributed by atoms with Gasteiger partial charge in [-0.1, -0.05) is 26.0 Å². The molecule has 1 atom stereocenters. The number of halogens is 3. The maximum atomic E-state index is 11.7. The third-order valence-electron chi connectivity index (χ3n) is 1.18. The van der Waals surface area contributed by atoms with Crippen molar-refractivity contribution < 1.29 is 13.2 Å². The van der Waals surface area contributed by atoms with Gasteiger partial charge in [-0.3, -0.25) is 0 Å². The zero-order chi connectivity index (χ0) is 8.20. The molecular formula is C7H11F3. The molecule has 0 spiro atoms. The highest BCUT2D eigenvalue weighted by atomic mass is 19.4. The molecule has 60 valence electrons. The van der Waals surface area contributed by atoms with Crippen LogP contribution in [-0.4, -0.2) is 6.18 Å². The Morgan fingerprint density at radius 3 is 2.20 bits per heavy atom. The number of hydrogen-bond donors (Lipinski definition) is 0. The smallest absolute Gasteiger partial charge is 0.170 e. The van der Waals surface area contributed by atoms with Crippen LogP contribution in [0.4, 0.5) is 13.2 Å². The average molecular weight is 152 g/mol. The summed E-state index contributed by atoms with van der Waals surface area (Å²) in [7, 11) is 0. The van der Waals surface area contributed by atoms with Crippen LogP contribution in [0.1, 0.15) is 20.3 Å². The molecule has 3 heteroatoms. The van der Waals surface area contributed by atoms with E-state index >= 15 is 0 Å². The van der Waals surface area contributed by atoms with Crippen molar-refractivity contribution in [2.75, 3.05) is 0 Å². The van der Waals surface area contributed by atoms with E-state index in [1.54, 1.807) is 6.92 Å². The first kappa shape index (κ1) is 9.53. The minimum absolute atomic E-state index is 0.653. The molecule has 0 aliphatic heterocycles. The van der Waals surface area contributed by atoms with Crippen molar-refractivity contribution in [3.05, 3.63) is 12.2 Å². The molecule has 0 rings (SSSR count). The summed E-state index contributed by atoms with van der Waals surface area (Å²) in [5, 5.41) is 0. The minimum Gasteiger partial charge on any atom is -0.170 e. The van der Waals surface area contributed by atoms with Gasteiger partial charge in [0.2, 0.25) is 0 Å². The zero-order valence-electron chi connectivity index (χ0n) is 6.07. The molecule has 0 aliphatic carbocycles. The first-order chi connectivity index (χ1) is 4.48. The Morgan fingerprint density at radius 2 is 1.90 bits per heavy atom. The Kier molecular flexibility index (Phi) is 3.47. The van der Waals surface area contributed by atoms with Gasteiger partial charge in [-0.25, -0.2) is 0 Å². The summed E-state index contributed by atoms with van der Waals surface area (Å²) in [5.74, 6) is -1.31. The first-order valence-electron chi connectivity index (χ1n) is 3.21. The van der Waals surface area contributed by atoms with E-state index in [-0.39, 0.29) is 0 Å². The van der Waals surface area contributed by atoms with Crippen LogP contribution in [0, 0.1) is 5.92 Å². The first-order valence-corrected chi connectivity index (χ1v) is 3.21. The molecule has 10 heavy (non-hydrogen) atoms. The van der Waals surface area contributed by atoms with Crippen molar-refractivity contribution in [1.82, 2.24) is 0 Å². The van der Waals surface area contributed by atoms with Crippen LogP contribution in [0.2, 0.25) is 0 Å². The lowest BCUT2D eigenvalue weighted by molar-refractivity contribution is -0.156. The van der Waals surface area contributed by atoms with Gasteiger partial charge in [0.15, 0.2) is 0 Å². The fourth-order valence-corrected chi connectivity index (χ4v) is 0.449. The van der Waals surface area contributed by atoms with E-state index in [0.29, 0.717) is 6.42 Å². The Bertz CT molecular complexity index is 113. The Balaban J connectivity index is 3.84. The van der Waals surface area contributed by atoms with E-state index in [9.17, 15) is 13.2 Å². The number of rotatable bonds is 2. The van der Waals surface area contributed by atoms with Crippen LogP contribution in [-0.2, 0) is 0 Å². The van der Waals surface area contributed by atoms with Crippen molar-refractivity contribution in [2.45, 2.75) is 26.4 Å². The highest BCUT2D eigenvalue weighted by Gasteiger charge is 2.33. The van der Waals surface area contributed by atoms with Crippen LogP contribution in [0.25, 0.3) is 0 Å². The van der Waals surface area contributed by atoms with Gasteiger partial charge < -0.3 is 0 Å². The lowest BCUT2D eigenvalue weighted by Crippen LogP contribution is -2.17. The number of hydrogen-bond acceptors (Lipinski definition) is 0. The maximum Gasteiger partial charge on any atom is 0.394 e. The predicted molar refractivity (Wildman–Crippen MR) is 34.6 cm³/mol. The van der Waals surface area contributed by atoms with Gasteiger partial charge in [0.25, 0.3) is 0 Å². The quantitative estimate of drug-likeness (QED) is 0.533. The van der Waals surface area contributed by atoms with E-state index in [1.165, 1.54) is 12.2 Å². The molecule has 0 heterocycles. The minimum atomic E-state index is -4.08. The lowest BCUT2D eigenvalue weighted by atomic mass is 10.1. The fourth-order valence-electron chi connectivity index (χ4n) is 0.449. The van der Waals surface area contributed by atoms with Gasteiger partial charge in [0, 0.05) is 0 Å². The van der Waals surface area contributed by atoms with Crippen molar-refractivity contribution in [3.8, 4) is 0 Å². The van der Waals surface area contributed by atoms with Gasteiger partial charge in [-0.15, -0.1) is 0 Å². The van der Waals surface area contributed by atoms with Gasteiger partial charge in [-0.2, -0.15) is 13.2 Å². The third kappa shape index (κ3) is 3.54. The second kappa shape index (κ2) is 3.64. The van der Waals surface area contributed by atoms with E-state index in [0.717, 1.165) is 6.92 Å². The highest BCUT2D eigenvalue weighted by molar-refractivity contribution is 4.88. The second-order valence-corrected chi connectivity index (χ2v) is 2.17. The molecule has 0 aliphatic rings. The Labute approximate surface area is 58.7 Å². The summed E-state index contributed by atoms with van der Waals surface area (Å²) in [4.78, 5) is 0. The molecule has 0 aromatic carbocycles. The maximum absolute atomic E-state index is 11.7. The SMILES string of the molecule is CC/C=C\C(C)C(F)(F)F. The predicted octanol–water partition coefficient (Wildman–Crippen LogP) is 3.15. The van der Waals surface area contributed by atoms with E-state index < -0.39 is 12.1 Å². The average Bonchev–Trinajstić information content (AvgIpc) is 1.80. The zero-order valence-corrected chi connectivity index (χ0v) is 6.07. The van der Waals surface area contributed by atoms with Gasteiger partial charge in [-0.05, 0) is 6.42 Å². The van der Waals surface area contributed by atoms with Crippen LogP contribution in [0.5, 0.6) is 0 Å². The summed E-state index contributed by atoms with van der Waals surface area (Å²) in [6.45, 7) is 2.95. The Hall–Kier alpha value is -0.470. The Morgan fingerprint density at radius 1 is 1.40 bits per heavy atom. The molecule has 0 nitrogen and oxygen atoms in total. The molecule has 0 saturated heterocycles. The molecule has 0 aromatic rings. The summed E-state index contributed by atoms with van der Waals surface area (Å²) in [6, 6.07) is 0. The molecule has 0 fully saturated rings. The van der Waals surface area contributed by atoms with Gasteiger partial charge >= 0.3 is 6.18 Å². The largest absolute Gasteiger partial charge is 0.394 e. The lowest BCUT2D eigenvalue weighted by Gasteiger charge is -2.09. The summed E-state index contributed by atoms with van der Waals surface area (Å²) in [6.07, 6.45) is -0.718. The van der Waals surface area contributed by atoms with Crippen molar-refractivity contribution in [2.24, 2.45) is 5.92 Å². The normalized spacial score (nSPS) is 16.1. The molecule has 0 N–H and O–H groups in total. The third-order valence-corrected chi connectivity index (χ3v) is 1.18. The molecule has 0 radical (unpaired) electrons.